The van der Waals surface area contributed by atoms with Gasteiger partial charge in [-0.05, 0) is 82.3 Å². The average Bonchev–Trinajstić information content (AvgIpc) is 2.76. The Hall–Kier alpha value is -3.35. The van der Waals surface area contributed by atoms with E-state index in [0.717, 1.165) is 46.8 Å². The van der Waals surface area contributed by atoms with Gasteiger partial charge in [0.1, 0.15) is 17.2 Å². The number of hydrogen-bond acceptors (Lipinski definition) is 5. The number of nitrogens with one attached hydrogen (secondary N) is 1. The molecule has 6 nitrogen and oxygen atoms in total. The van der Waals surface area contributed by atoms with E-state index in [1.54, 1.807) is 12.3 Å². The van der Waals surface area contributed by atoms with Crippen LogP contribution in [0.4, 0.5) is 20.7 Å². The Balaban J connectivity index is 1.66. The van der Waals surface area contributed by atoms with Crippen molar-refractivity contribution in [1.82, 2.24) is 9.88 Å². The first-order valence-electron chi connectivity index (χ1n) is 11.8. The monoisotopic (exact) mass is 464 g/mol. The van der Waals surface area contributed by atoms with E-state index >= 15 is 0 Å². The fourth-order valence-corrected chi connectivity index (χ4v) is 4.56. The molecular formula is C27H33FN4O2. The van der Waals surface area contributed by atoms with Gasteiger partial charge in [0.2, 0.25) is 0 Å². The van der Waals surface area contributed by atoms with Gasteiger partial charge in [-0.25, -0.2) is 14.2 Å². The van der Waals surface area contributed by atoms with Crippen molar-refractivity contribution in [2.45, 2.75) is 58.6 Å². The van der Waals surface area contributed by atoms with Crippen molar-refractivity contribution < 1.29 is 13.9 Å². The minimum atomic E-state index is -0.542. The molecule has 1 aliphatic rings. The molecule has 7 heteroatoms. The summed E-state index contributed by atoms with van der Waals surface area (Å²) in [6.07, 6.45) is 4.33. The molecule has 180 valence electrons. The summed E-state index contributed by atoms with van der Waals surface area (Å²) in [6.45, 7) is 8.76. The molecule has 2 aromatic carbocycles. The van der Waals surface area contributed by atoms with Crippen LogP contribution in [0.25, 0.3) is 21.9 Å². The summed E-state index contributed by atoms with van der Waals surface area (Å²) in [5, 5.41) is 5.30. The Morgan fingerprint density at radius 1 is 1.26 bits per heavy atom. The van der Waals surface area contributed by atoms with Crippen molar-refractivity contribution in [3.05, 3.63) is 54.0 Å². The lowest BCUT2D eigenvalue weighted by Gasteiger charge is -2.37. The number of carbonyl (C=O) groups excluding carboxylic acids is 1. The highest BCUT2D eigenvalue weighted by Crippen LogP contribution is 2.35. The molecule has 0 bridgehead atoms. The summed E-state index contributed by atoms with van der Waals surface area (Å²) < 4.78 is 20.4. The maximum atomic E-state index is 14.8. The number of aryl methyl sites for hydroxylation is 1. The van der Waals surface area contributed by atoms with Gasteiger partial charge in [-0.15, -0.1) is 0 Å². The van der Waals surface area contributed by atoms with Crippen LogP contribution in [0, 0.1) is 12.7 Å². The first kappa shape index (κ1) is 23.8. The molecule has 1 saturated heterocycles. The first-order chi connectivity index (χ1) is 16.1. The van der Waals surface area contributed by atoms with E-state index in [4.69, 9.17) is 10.5 Å². The SMILES string of the molecule is Cc1cccc(F)c1-c1cc(NC[C@H]2CCCCN2C(=O)OC(C)(C)C)c2cc(N)ncc2c1. The number of fused-ring (bicyclic) bond motifs is 1. The molecular weight excluding hydrogens is 431 g/mol. The number of pyridine rings is 1. The van der Waals surface area contributed by atoms with Gasteiger partial charge in [0.25, 0.3) is 0 Å². The lowest BCUT2D eigenvalue weighted by atomic mass is 9.96. The second kappa shape index (κ2) is 9.49. The molecule has 1 atom stereocenters. The highest BCUT2D eigenvalue weighted by molar-refractivity contribution is 5.98. The number of nitrogen functional groups attached to an aromatic ring is 1. The van der Waals surface area contributed by atoms with Crippen LogP contribution >= 0.6 is 0 Å². The van der Waals surface area contributed by atoms with Crippen LogP contribution in [-0.2, 0) is 4.74 Å². The molecule has 0 aliphatic carbocycles. The molecule has 0 spiro atoms. The zero-order valence-corrected chi connectivity index (χ0v) is 20.3. The van der Waals surface area contributed by atoms with E-state index in [9.17, 15) is 9.18 Å². The Kier molecular flexibility index (Phi) is 6.64. The average molecular weight is 465 g/mol. The van der Waals surface area contributed by atoms with Crippen molar-refractivity contribution in [3.63, 3.8) is 0 Å². The molecule has 34 heavy (non-hydrogen) atoms. The number of rotatable bonds is 4. The van der Waals surface area contributed by atoms with E-state index in [-0.39, 0.29) is 18.0 Å². The Morgan fingerprint density at radius 2 is 2.06 bits per heavy atom. The predicted molar refractivity (Wildman–Crippen MR) is 135 cm³/mol. The molecule has 0 radical (unpaired) electrons. The van der Waals surface area contributed by atoms with Crippen molar-refractivity contribution in [3.8, 4) is 11.1 Å². The smallest absolute Gasteiger partial charge is 0.410 e. The molecule has 2 heterocycles. The van der Waals surface area contributed by atoms with Crippen LogP contribution in [-0.4, -0.2) is 40.7 Å². The normalized spacial score (nSPS) is 16.5. The summed E-state index contributed by atoms with van der Waals surface area (Å²) in [4.78, 5) is 18.9. The molecule has 1 aliphatic heterocycles. The largest absolute Gasteiger partial charge is 0.444 e. The van der Waals surface area contributed by atoms with Crippen LogP contribution in [0.15, 0.2) is 42.6 Å². The number of nitrogens with two attached hydrogens (primary N) is 1. The van der Waals surface area contributed by atoms with Crippen LogP contribution in [0.5, 0.6) is 0 Å². The van der Waals surface area contributed by atoms with Gasteiger partial charge in [0.05, 0.1) is 6.04 Å². The molecule has 4 rings (SSSR count). The molecule has 1 fully saturated rings. The second-order valence-electron chi connectivity index (χ2n) is 9.99. The summed E-state index contributed by atoms with van der Waals surface area (Å²) in [5.74, 6) is 0.149. The molecule has 3 aromatic rings. The Labute approximate surface area is 200 Å². The zero-order valence-electron chi connectivity index (χ0n) is 20.3. The van der Waals surface area contributed by atoms with Crippen molar-refractivity contribution in [1.29, 1.82) is 0 Å². The number of benzene rings is 2. The number of anilines is 2. The molecule has 0 unspecified atom stereocenters. The van der Waals surface area contributed by atoms with E-state index in [1.165, 1.54) is 6.07 Å². The fraction of sp³-hybridized carbons (Fsp3) is 0.407. The molecule has 3 N–H and O–H groups in total. The quantitative estimate of drug-likeness (QED) is 0.485. The van der Waals surface area contributed by atoms with Crippen molar-refractivity contribution >= 4 is 28.4 Å². The fourth-order valence-electron chi connectivity index (χ4n) is 4.56. The summed E-state index contributed by atoms with van der Waals surface area (Å²) in [5.41, 5.74) is 8.46. The van der Waals surface area contributed by atoms with Gasteiger partial charge in [-0.1, -0.05) is 12.1 Å². The second-order valence-corrected chi connectivity index (χ2v) is 9.99. The number of piperidine rings is 1. The number of likely N-dealkylation sites (tertiary alicyclic amines) is 1. The van der Waals surface area contributed by atoms with Crippen LogP contribution in [0.1, 0.15) is 45.6 Å². The van der Waals surface area contributed by atoms with E-state index in [1.807, 2.05) is 56.9 Å². The minimum absolute atomic E-state index is 0.00307. The maximum Gasteiger partial charge on any atom is 0.410 e. The lowest BCUT2D eigenvalue weighted by Crippen LogP contribution is -2.48. The highest BCUT2D eigenvalue weighted by atomic mass is 19.1. The number of nitrogens with zero attached hydrogens (tertiary/aromatic N) is 2. The third-order valence-corrected chi connectivity index (χ3v) is 6.15. The zero-order chi connectivity index (χ0) is 24.5. The topological polar surface area (TPSA) is 80.5 Å². The number of carbonyl (C=O) groups is 1. The number of amides is 1. The number of aromatic nitrogens is 1. The third kappa shape index (κ3) is 5.24. The van der Waals surface area contributed by atoms with E-state index in [2.05, 4.69) is 10.3 Å². The van der Waals surface area contributed by atoms with Gasteiger partial charge in [0, 0.05) is 41.3 Å². The van der Waals surface area contributed by atoms with Gasteiger partial charge < -0.3 is 20.7 Å². The van der Waals surface area contributed by atoms with Gasteiger partial charge in [0.15, 0.2) is 0 Å². The van der Waals surface area contributed by atoms with Gasteiger partial charge in [-0.2, -0.15) is 0 Å². The van der Waals surface area contributed by atoms with E-state index in [0.29, 0.717) is 24.5 Å². The van der Waals surface area contributed by atoms with E-state index < -0.39 is 5.60 Å². The predicted octanol–water partition coefficient (Wildman–Crippen LogP) is 6.13. The van der Waals surface area contributed by atoms with Crippen LogP contribution < -0.4 is 11.1 Å². The maximum absolute atomic E-state index is 14.8. The van der Waals surface area contributed by atoms with Crippen molar-refractivity contribution in [2.24, 2.45) is 0 Å². The molecule has 1 amide bonds. The standard InChI is InChI=1S/C27H33FN4O2/c1-17-8-7-10-22(28)25(17)18-12-19-15-31-24(29)14-21(19)23(13-18)30-16-20-9-5-6-11-32(20)26(33)34-27(2,3)4/h7-8,10,12-15,20,30H,5-6,9,11,16H2,1-4H3,(H2,29,31)/t20-/m1/s1. The summed E-state index contributed by atoms with van der Waals surface area (Å²) in [6, 6.07) is 10.8. The Bertz CT molecular complexity index is 1180. The number of ether oxygens (including phenoxy) is 1. The Morgan fingerprint density at radius 3 is 2.79 bits per heavy atom. The van der Waals surface area contributed by atoms with Gasteiger partial charge in [-0.3, -0.25) is 0 Å². The number of hydrogen-bond donors (Lipinski definition) is 2. The van der Waals surface area contributed by atoms with Gasteiger partial charge >= 0.3 is 6.09 Å². The molecule has 1 aromatic heterocycles. The summed E-state index contributed by atoms with van der Waals surface area (Å²) >= 11 is 0. The molecule has 0 saturated carbocycles. The highest BCUT2D eigenvalue weighted by Gasteiger charge is 2.30. The lowest BCUT2D eigenvalue weighted by molar-refractivity contribution is 0.0114. The number of halogens is 1. The van der Waals surface area contributed by atoms with Crippen LogP contribution in [0.2, 0.25) is 0 Å². The van der Waals surface area contributed by atoms with Crippen LogP contribution in [0.3, 0.4) is 0 Å². The van der Waals surface area contributed by atoms with Crippen molar-refractivity contribution in [2.75, 3.05) is 24.1 Å². The first-order valence-corrected chi connectivity index (χ1v) is 11.8. The third-order valence-electron chi connectivity index (χ3n) is 6.15. The minimum Gasteiger partial charge on any atom is -0.444 e. The summed E-state index contributed by atoms with van der Waals surface area (Å²) in [7, 11) is 0.